The molecule has 1 aromatic heterocycles. The largest absolute Gasteiger partial charge is 0.478 e. The summed E-state index contributed by atoms with van der Waals surface area (Å²) in [6.45, 7) is 0.610. The number of carboxylic acid groups (broad SMARTS) is 1. The molecule has 2 aromatic carbocycles. The summed E-state index contributed by atoms with van der Waals surface area (Å²) in [6, 6.07) is 18.6. The number of carbonyl (C=O) groups excluding carboxylic acids is 1. The zero-order valence-electron chi connectivity index (χ0n) is 16.1. The van der Waals surface area contributed by atoms with E-state index in [2.05, 4.69) is 29.6 Å². The van der Waals surface area contributed by atoms with E-state index in [4.69, 9.17) is 9.84 Å². The molecule has 0 atom stereocenters. The molecule has 0 saturated heterocycles. The quantitative estimate of drug-likeness (QED) is 0.658. The minimum Gasteiger partial charge on any atom is -0.478 e. The van der Waals surface area contributed by atoms with Crippen LogP contribution in [0.1, 0.15) is 27.4 Å². The first-order valence-corrected chi connectivity index (χ1v) is 9.57. The average molecular weight is 404 g/mol. The van der Waals surface area contributed by atoms with Crippen molar-refractivity contribution in [2.24, 2.45) is 0 Å². The molecule has 1 aliphatic carbocycles. The van der Waals surface area contributed by atoms with Gasteiger partial charge in [0.1, 0.15) is 6.61 Å². The summed E-state index contributed by atoms with van der Waals surface area (Å²) >= 11 is 0. The second kappa shape index (κ2) is 8.24. The number of nitrogens with one attached hydrogen (secondary N) is 1. The maximum atomic E-state index is 12.1. The number of nitrogens with zero attached hydrogens (tertiary/aromatic N) is 1. The van der Waals surface area contributed by atoms with E-state index in [9.17, 15) is 14.4 Å². The summed E-state index contributed by atoms with van der Waals surface area (Å²) in [5.74, 6) is -1.18. The first-order valence-electron chi connectivity index (χ1n) is 9.57. The lowest BCUT2D eigenvalue weighted by Gasteiger charge is -2.14. The van der Waals surface area contributed by atoms with Gasteiger partial charge in [-0.1, -0.05) is 48.5 Å². The number of aromatic nitrogens is 1. The standard InChI is InChI=1S/C23H20N2O5/c26-21-13-15(22(27)28)9-11-25(21)12-10-24-23(29)30-14-20-18-7-3-1-5-16(18)17-6-2-4-8-19(17)20/h1-9,11,13,20H,10,12,14H2,(H,24,29)(H,27,28). The molecule has 0 fully saturated rings. The summed E-state index contributed by atoms with van der Waals surface area (Å²) in [5, 5.41) is 11.5. The lowest BCUT2D eigenvalue weighted by molar-refractivity contribution is 0.0696. The Morgan fingerprint density at radius 3 is 2.23 bits per heavy atom. The molecular formula is C23H20N2O5. The van der Waals surface area contributed by atoms with E-state index >= 15 is 0 Å². The summed E-state index contributed by atoms with van der Waals surface area (Å²) in [4.78, 5) is 34.9. The summed E-state index contributed by atoms with van der Waals surface area (Å²) in [5.41, 5.74) is 4.08. The van der Waals surface area contributed by atoms with Gasteiger partial charge in [-0.2, -0.15) is 0 Å². The van der Waals surface area contributed by atoms with Crippen LogP contribution in [0.15, 0.2) is 71.7 Å². The second-order valence-electron chi connectivity index (χ2n) is 7.00. The van der Waals surface area contributed by atoms with Crippen molar-refractivity contribution in [1.82, 2.24) is 9.88 Å². The number of hydrogen-bond donors (Lipinski definition) is 2. The van der Waals surface area contributed by atoms with Crippen LogP contribution in [-0.2, 0) is 11.3 Å². The van der Waals surface area contributed by atoms with Gasteiger partial charge in [0, 0.05) is 31.3 Å². The molecule has 3 aromatic rings. The maximum absolute atomic E-state index is 12.1. The molecular weight excluding hydrogens is 384 g/mol. The zero-order valence-corrected chi connectivity index (χ0v) is 16.1. The van der Waals surface area contributed by atoms with Gasteiger partial charge in [0.2, 0.25) is 0 Å². The molecule has 4 rings (SSSR count). The summed E-state index contributed by atoms with van der Waals surface area (Å²) in [6.07, 6.45) is 0.831. The van der Waals surface area contributed by atoms with Crippen LogP contribution in [0.4, 0.5) is 4.79 Å². The molecule has 7 heteroatoms. The average Bonchev–Trinajstić information content (AvgIpc) is 3.07. The smallest absolute Gasteiger partial charge is 0.407 e. The van der Waals surface area contributed by atoms with Gasteiger partial charge in [0.15, 0.2) is 0 Å². The molecule has 7 nitrogen and oxygen atoms in total. The molecule has 0 spiro atoms. The molecule has 152 valence electrons. The zero-order chi connectivity index (χ0) is 21.1. The Morgan fingerprint density at radius 2 is 1.63 bits per heavy atom. The highest BCUT2D eigenvalue weighted by atomic mass is 16.5. The lowest BCUT2D eigenvalue weighted by atomic mass is 9.98. The SMILES string of the molecule is O=C(NCCn1ccc(C(=O)O)cc1=O)OCC1c2ccccc2-c2ccccc21. The van der Waals surface area contributed by atoms with Crippen LogP contribution in [0.2, 0.25) is 0 Å². The number of alkyl carbamates (subject to hydrolysis) is 1. The highest BCUT2D eigenvalue weighted by Crippen LogP contribution is 2.44. The Kier molecular flexibility index (Phi) is 5.34. The topological polar surface area (TPSA) is 97.6 Å². The van der Waals surface area contributed by atoms with Crippen molar-refractivity contribution in [3.63, 3.8) is 0 Å². The predicted octanol–water partition coefficient (Wildman–Crippen LogP) is 3.09. The van der Waals surface area contributed by atoms with Gasteiger partial charge in [0.05, 0.1) is 5.56 Å². The molecule has 30 heavy (non-hydrogen) atoms. The van der Waals surface area contributed by atoms with Crippen molar-refractivity contribution < 1.29 is 19.4 Å². The maximum Gasteiger partial charge on any atom is 0.407 e. The Morgan fingerprint density at radius 1 is 1.00 bits per heavy atom. The van der Waals surface area contributed by atoms with E-state index < -0.39 is 17.6 Å². The minimum absolute atomic E-state index is 0.0191. The van der Waals surface area contributed by atoms with E-state index in [1.807, 2.05) is 24.3 Å². The summed E-state index contributed by atoms with van der Waals surface area (Å²) in [7, 11) is 0. The van der Waals surface area contributed by atoms with E-state index in [1.165, 1.54) is 16.8 Å². The van der Waals surface area contributed by atoms with Crippen LogP contribution in [0.5, 0.6) is 0 Å². The number of carbonyl (C=O) groups is 2. The Bertz CT molecular complexity index is 1120. The fourth-order valence-electron chi connectivity index (χ4n) is 3.75. The number of pyridine rings is 1. The molecule has 0 aliphatic heterocycles. The molecule has 1 heterocycles. The van der Waals surface area contributed by atoms with E-state index in [1.54, 1.807) is 0 Å². The number of carboxylic acids is 1. The Balaban J connectivity index is 1.34. The Labute approximate surface area is 172 Å². The summed E-state index contributed by atoms with van der Waals surface area (Å²) < 4.78 is 6.77. The van der Waals surface area contributed by atoms with Crippen LogP contribution < -0.4 is 10.9 Å². The van der Waals surface area contributed by atoms with Gasteiger partial charge in [-0.15, -0.1) is 0 Å². The van der Waals surface area contributed by atoms with E-state index in [-0.39, 0.29) is 31.2 Å². The third-order valence-electron chi connectivity index (χ3n) is 5.21. The minimum atomic E-state index is -1.16. The highest BCUT2D eigenvalue weighted by molar-refractivity contribution is 5.87. The molecule has 1 amide bonds. The number of benzene rings is 2. The van der Waals surface area contributed by atoms with Gasteiger partial charge in [-0.3, -0.25) is 4.79 Å². The van der Waals surface area contributed by atoms with Crippen molar-refractivity contribution in [2.45, 2.75) is 12.5 Å². The van der Waals surface area contributed by atoms with Gasteiger partial charge in [-0.05, 0) is 28.3 Å². The van der Waals surface area contributed by atoms with Crippen molar-refractivity contribution >= 4 is 12.1 Å². The van der Waals surface area contributed by atoms with Crippen molar-refractivity contribution in [3.05, 3.63) is 93.9 Å². The van der Waals surface area contributed by atoms with Crippen molar-refractivity contribution in [1.29, 1.82) is 0 Å². The van der Waals surface area contributed by atoms with Gasteiger partial charge in [0.25, 0.3) is 5.56 Å². The number of fused-ring (bicyclic) bond motifs is 3. The molecule has 0 unspecified atom stereocenters. The lowest BCUT2D eigenvalue weighted by Crippen LogP contribution is -2.31. The highest BCUT2D eigenvalue weighted by Gasteiger charge is 2.28. The van der Waals surface area contributed by atoms with Gasteiger partial charge >= 0.3 is 12.1 Å². The monoisotopic (exact) mass is 404 g/mol. The van der Waals surface area contributed by atoms with Crippen LogP contribution in [0, 0.1) is 0 Å². The van der Waals surface area contributed by atoms with Gasteiger partial charge < -0.3 is 19.7 Å². The third kappa shape index (κ3) is 3.82. The predicted molar refractivity (Wildman–Crippen MR) is 111 cm³/mol. The molecule has 0 radical (unpaired) electrons. The van der Waals surface area contributed by atoms with E-state index in [0.717, 1.165) is 28.3 Å². The number of ether oxygens (including phenoxy) is 1. The molecule has 2 N–H and O–H groups in total. The first kappa shape index (κ1) is 19.4. The number of rotatable bonds is 6. The van der Waals surface area contributed by atoms with Crippen LogP contribution in [0.25, 0.3) is 11.1 Å². The van der Waals surface area contributed by atoms with Crippen molar-refractivity contribution in [2.75, 3.05) is 13.2 Å². The van der Waals surface area contributed by atoms with E-state index in [0.29, 0.717) is 0 Å². The molecule has 1 aliphatic rings. The third-order valence-corrected chi connectivity index (χ3v) is 5.21. The second-order valence-corrected chi connectivity index (χ2v) is 7.00. The molecule has 0 bridgehead atoms. The fourth-order valence-corrected chi connectivity index (χ4v) is 3.75. The van der Waals surface area contributed by atoms with Crippen LogP contribution in [0.3, 0.4) is 0 Å². The number of aromatic carboxylic acids is 1. The number of hydrogen-bond acceptors (Lipinski definition) is 4. The van der Waals surface area contributed by atoms with Gasteiger partial charge in [-0.25, -0.2) is 9.59 Å². The fraction of sp³-hybridized carbons (Fsp3) is 0.174. The van der Waals surface area contributed by atoms with Crippen molar-refractivity contribution in [3.8, 4) is 11.1 Å². The van der Waals surface area contributed by atoms with Crippen LogP contribution in [-0.4, -0.2) is 34.9 Å². The van der Waals surface area contributed by atoms with Crippen LogP contribution >= 0.6 is 0 Å². The molecule has 0 saturated carbocycles. The Hall–Kier alpha value is -3.87. The normalized spacial score (nSPS) is 12.1. The first-order chi connectivity index (χ1) is 14.5. The number of amides is 1.